The van der Waals surface area contributed by atoms with Gasteiger partial charge in [-0.25, -0.2) is 0 Å². The molecule has 0 aromatic carbocycles. The monoisotopic (exact) mass is 215 g/mol. The van der Waals surface area contributed by atoms with Gasteiger partial charge < -0.3 is 14.6 Å². The number of Topliss-reactive ketones (excluding diaryl/α,β-unsaturated/α-hetero) is 1. The van der Waals surface area contributed by atoms with Gasteiger partial charge in [-0.1, -0.05) is 0 Å². The SMILES string of the molecule is CC(=O)CCCCN1CCOC(CO)C1. The molecule has 1 rings (SSSR count). The van der Waals surface area contributed by atoms with Gasteiger partial charge in [0, 0.05) is 19.5 Å². The summed E-state index contributed by atoms with van der Waals surface area (Å²) in [5.74, 6) is 0.269. The van der Waals surface area contributed by atoms with Crippen LogP contribution in [0.15, 0.2) is 0 Å². The van der Waals surface area contributed by atoms with E-state index in [0.717, 1.165) is 32.5 Å². The van der Waals surface area contributed by atoms with E-state index < -0.39 is 0 Å². The van der Waals surface area contributed by atoms with Crippen LogP contribution in [0.5, 0.6) is 0 Å². The van der Waals surface area contributed by atoms with Gasteiger partial charge in [-0.3, -0.25) is 4.90 Å². The van der Waals surface area contributed by atoms with E-state index in [-0.39, 0.29) is 18.5 Å². The van der Waals surface area contributed by atoms with E-state index in [1.165, 1.54) is 0 Å². The maximum Gasteiger partial charge on any atom is 0.129 e. The van der Waals surface area contributed by atoms with E-state index in [1.807, 2.05) is 0 Å². The molecule has 1 fully saturated rings. The summed E-state index contributed by atoms with van der Waals surface area (Å²) in [4.78, 5) is 13.0. The number of rotatable bonds is 6. The Hall–Kier alpha value is -0.450. The number of morpholine rings is 1. The Morgan fingerprint density at radius 1 is 1.53 bits per heavy atom. The molecule has 0 radical (unpaired) electrons. The van der Waals surface area contributed by atoms with Crippen LogP contribution in [-0.4, -0.2) is 54.7 Å². The lowest BCUT2D eigenvalue weighted by molar-refractivity contribution is -0.117. The maximum atomic E-state index is 10.7. The molecule has 1 saturated heterocycles. The van der Waals surface area contributed by atoms with Crippen molar-refractivity contribution >= 4 is 5.78 Å². The molecular formula is C11H21NO3. The average molecular weight is 215 g/mol. The van der Waals surface area contributed by atoms with Crippen LogP contribution >= 0.6 is 0 Å². The van der Waals surface area contributed by atoms with Gasteiger partial charge in [0.25, 0.3) is 0 Å². The zero-order valence-corrected chi connectivity index (χ0v) is 9.45. The van der Waals surface area contributed by atoms with E-state index in [9.17, 15) is 4.79 Å². The Balaban J connectivity index is 2.07. The Kier molecular flexibility index (Phi) is 5.83. The van der Waals surface area contributed by atoms with Gasteiger partial charge in [0.15, 0.2) is 0 Å². The number of aliphatic hydroxyl groups is 1. The summed E-state index contributed by atoms with van der Waals surface area (Å²) in [5.41, 5.74) is 0. The number of aliphatic hydroxyl groups excluding tert-OH is 1. The molecule has 1 heterocycles. The largest absolute Gasteiger partial charge is 0.394 e. The molecule has 0 bridgehead atoms. The van der Waals surface area contributed by atoms with Crippen LogP contribution in [0.25, 0.3) is 0 Å². The molecule has 1 N–H and O–H groups in total. The van der Waals surface area contributed by atoms with Crippen molar-refractivity contribution in [1.82, 2.24) is 4.90 Å². The quantitative estimate of drug-likeness (QED) is 0.653. The normalized spacial score (nSPS) is 22.9. The topological polar surface area (TPSA) is 49.8 Å². The zero-order chi connectivity index (χ0) is 11.1. The van der Waals surface area contributed by atoms with Crippen LogP contribution in [0.4, 0.5) is 0 Å². The van der Waals surface area contributed by atoms with Crippen molar-refractivity contribution in [3.05, 3.63) is 0 Å². The third-order valence-corrected chi connectivity index (χ3v) is 2.68. The number of hydrogen-bond acceptors (Lipinski definition) is 4. The van der Waals surface area contributed by atoms with Gasteiger partial charge in [-0.05, 0) is 26.3 Å². The summed E-state index contributed by atoms with van der Waals surface area (Å²) in [6, 6.07) is 0. The molecule has 4 heteroatoms. The second-order valence-electron chi connectivity index (χ2n) is 4.14. The van der Waals surface area contributed by atoms with Crippen LogP contribution < -0.4 is 0 Å². The first kappa shape index (κ1) is 12.6. The van der Waals surface area contributed by atoms with Crippen molar-refractivity contribution in [2.45, 2.75) is 32.3 Å². The van der Waals surface area contributed by atoms with E-state index in [0.29, 0.717) is 13.0 Å². The van der Waals surface area contributed by atoms with Crippen LogP contribution in [0, 0.1) is 0 Å². The lowest BCUT2D eigenvalue weighted by atomic mass is 10.2. The van der Waals surface area contributed by atoms with E-state index in [2.05, 4.69) is 4.90 Å². The fourth-order valence-corrected chi connectivity index (χ4v) is 1.80. The van der Waals surface area contributed by atoms with Crippen LogP contribution in [0.3, 0.4) is 0 Å². The molecule has 0 saturated carbocycles. The smallest absolute Gasteiger partial charge is 0.129 e. The van der Waals surface area contributed by atoms with Gasteiger partial charge in [-0.15, -0.1) is 0 Å². The van der Waals surface area contributed by atoms with Crippen LogP contribution in [0.2, 0.25) is 0 Å². The van der Waals surface area contributed by atoms with Gasteiger partial charge in [0.2, 0.25) is 0 Å². The summed E-state index contributed by atoms with van der Waals surface area (Å²) in [5, 5.41) is 8.96. The minimum absolute atomic E-state index is 0.0217. The first-order valence-corrected chi connectivity index (χ1v) is 5.66. The highest BCUT2D eigenvalue weighted by Crippen LogP contribution is 2.06. The second kappa shape index (κ2) is 6.93. The summed E-state index contributed by atoms with van der Waals surface area (Å²) >= 11 is 0. The molecule has 0 aromatic heterocycles. The van der Waals surface area contributed by atoms with Crippen molar-refractivity contribution in [1.29, 1.82) is 0 Å². The number of hydrogen-bond donors (Lipinski definition) is 1. The summed E-state index contributed by atoms with van der Waals surface area (Å²) < 4.78 is 5.36. The summed E-state index contributed by atoms with van der Waals surface area (Å²) in [7, 11) is 0. The number of nitrogens with zero attached hydrogens (tertiary/aromatic N) is 1. The van der Waals surface area contributed by atoms with Crippen molar-refractivity contribution in [3.63, 3.8) is 0 Å². The van der Waals surface area contributed by atoms with Crippen molar-refractivity contribution < 1.29 is 14.6 Å². The predicted molar refractivity (Wildman–Crippen MR) is 57.8 cm³/mol. The first-order chi connectivity index (χ1) is 7.22. The fraction of sp³-hybridized carbons (Fsp3) is 0.909. The van der Waals surface area contributed by atoms with Crippen LogP contribution in [-0.2, 0) is 9.53 Å². The standard InChI is InChI=1S/C11H21NO3/c1-10(14)4-2-3-5-12-6-7-15-11(8-12)9-13/h11,13H,2-9H2,1H3. The number of unbranched alkanes of at least 4 members (excludes halogenated alkanes) is 1. The summed E-state index contributed by atoms with van der Waals surface area (Å²) in [6.45, 7) is 5.21. The average Bonchev–Trinajstić information content (AvgIpc) is 2.24. The Morgan fingerprint density at radius 2 is 2.33 bits per heavy atom. The molecule has 0 spiro atoms. The number of carbonyl (C=O) groups excluding carboxylic acids is 1. The van der Waals surface area contributed by atoms with Gasteiger partial charge in [0.05, 0.1) is 19.3 Å². The minimum atomic E-state index is -0.0217. The lowest BCUT2D eigenvalue weighted by Gasteiger charge is -2.31. The molecule has 88 valence electrons. The number of ether oxygens (including phenoxy) is 1. The number of ketones is 1. The predicted octanol–water partition coefficient (Wildman–Crippen LogP) is 0.439. The molecule has 0 amide bonds. The lowest BCUT2D eigenvalue weighted by Crippen LogP contribution is -2.44. The molecule has 0 aliphatic carbocycles. The highest BCUT2D eigenvalue weighted by molar-refractivity contribution is 5.75. The van der Waals surface area contributed by atoms with E-state index in [4.69, 9.17) is 9.84 Å². The van der Waals surface area contributed by atoms with Crippen molar-refractivity contribution in [2.75, 3.05) is 32.8 Å². The van der Waals surface area contributed by atoms with Crippen molar-refractivity contribution in [3.8, 4) is 0 Å². The third kappa shape index (κ3) is 5.25. The zero-order valence-electron chi connectivity index (χ0n) is 9.45. The van der Waals surface area contributed by atoms with Crippen LogP contribution in [0.1, 0.15) is 26.2 Å². The summed E-state index contributed by atoms with van der Waals surface area (Å²) in [6.07, 6.45) is 2.69. The second-order valence-corrected chi connectivity index (χ2v) is 4.14. The highest BCUT2D eigenvalue weighted by atomic mass is 16.5. The minimum Gasteiger partial charge on any atom is -0.394 e. The molecular weight excluding hydrogens is 194 g/mol. The van der Waals surface area contributed by atoms with Gasteiger partial charge in [0.1, 0.15) is 5.78 Å². The highest BCUT2D eigenvalue weighted by Gasteiger charge is 2.18. The number of carbonyl (C=O) groups is 1. The van der Waals surface area contributed by atoms with Gasteiger partial charge in [-0.2, -0.15) is 0 Å². The van der Waals surface area contributed by atoms with Crippen molar-refractivity contribution in [2.24, 2.45) is 0 Å². The Morgan fingerprint density at radius 3 is 3.00 bits per heavy atom. The van der Waals surface area contributed by atoms with Gasteiger partial charge >= 0.3 is 0 Å². The third-order valence-electron chi connectivity index (χ3n) is 2.68. The molecule has 15 heavy (non-hydrogen) atoms. The molecule has 1 aliphatic heterocycles. The molecule has 1 unspecified atom stereocenters. The molecule has 0 aromatic rings. The van der Waals surface area contributed by atoms with E-state index in [1.54, 1.807) is 6.92 Å². The fourth-order valence-electron chi connectivity index (χ4n) is 1.80. The maximum absolute atomic E-state index is 10.7. The molecule has 4 nitrogen and oxygen atoms in total. The molecule has 1 atom stereocenters. The molecule has 1 aliphatic rings. The Bertz CT molecular complexity index is 196. The first-order valence-electron chi connectivity index (χ1n) is 5.66. The Labute approximate surface area is 91.2 Å². The van der Waals surface area contributed by atoms with E-state index >= 15 is 0 Å².